The maximum atomic E-state index is 11.9. The molecule has 7 nitrogen and oxygen atoms in total. The zero-order valence-corrected chi connectivity index (χ0v) is 12.1. The van der Waals surface area contributed by atoms with E-state index >= 15 is 0 Å². The topological polar surface area (TPSA) is 95.7 Å². The van der Waals surface area contributed by atoms with E-state index in [1.54, 1.807) is 18.3 Å². The molecule has 3 aromatic rings. The molecule has 0 aliphatic carbocycles. The summed E-state index contributed by atoms with van der Waals surface area (Å²) < 4.78 is 1.81. The van der Waals surface area contributed by atoms with E-state index in [0.717, 1.165) is 5.65 Å². The van der Waals surface area contributed by atoms with Gasteiger partial charge >= 0.3 is 0 Å². The molecule has 116 valence electrons. The first-order valence-electron chi connectivity index (χ1n) is 6.93. The van der Waals surface area contributed by atoms with Gasteiger partial charge in [0.2, 0.25) is 5.91 Å². The van der Waals surface area contributed by atoms with Crippen LogP contribution in [0.3, 0.4) is 0 Å². The number of imidazole rings is 1. The number of nitrogens with one attached hydrogen (secondary N) is 2. The number of pyridine rings is 1. The highest BCUT2D eigenvalue weighted by atomic mass is 16.3. The molecule has 23 heavy (non-hydrogen) atoms. The van der Waals surface area contributed by atoms with Crippen LogP contribution in [0, 0.1) is 0 Å². The Kier molecular flexibility index (Phi) is 3.92. The molecular weight excluding hydrogens is 296 g/mol. The molecule has 2 aromatic heterocycles. The van der Waals surface area contributed by atoms with E-state index < -0.39 is 11.8 Å². The van der Waals surface area contributed by atoms with Gasteiger partial charge in [-0.25, -0.2) is 4.98 Å². The van der Waals surface area contributed by atoms with Gasteiger partial charge in [-0.15, -0.1) is 0 Å². The summed E-state index contributed by atoms with van der Waals surface area (Å²) >= 11 is 0. The molecule has 0 unspecified atom stereocenters. The van der Waals surface area contributed by atoms with E-state index in [2.05, 4.69) is 15.8 Å². The molecular formula is C16H14N4O3. The lowest BCUT2D eigenvalue weighted by Crippen LogP contribution is -2.42. The van der Waals surface area contributed by atoms with Crippen LogP contribution in [-0.2, 0) is 11.2 Å². The van der Waals surface area contributed by atoms with Crippen LogP contribution in [-0.4, -0.2) is 26.3 Å². The fourth-order valence-electron chi connectivity index (χ4n) is 2.14. The van der Waals surface area contributed by atoms with Crippen molar-refractivity contribution in [3.8, 4) is 5.75 Å². The summed E-state index contributed by atoms with van der Waals surface area (Å²) in [5, 5.41) is 9.58. The molecule has 0 saturated carbocycles. The minimum absolute atomic E-state index is 0.0305. The number of amides is 2. The van der Waals surface area contributed by atoms with Gasteiger partial charge in [-0.2, -0.15) is 0 Å². The average molecular weight is 310 g/mol. The van der Waals surface area contributed by atoms with E-state index in [-0.39, 0.29) is 17.7 Å². The molecule has 2 heterocycles. The third-order valence-electron chi connectivity index (χ3n) is 3.22. The highest BCUT2D eigenvalue weighted by molar-refractivity contribution is 5.97. The van der Waals surface area contributed by atoms with Crippen molar-refractivity contribution in [2.24, 2.45) is 0 Å². The SMILES string of the molecule is O=C(Cc1cn2ccccc2n1)NNC(=O)c1ccccc1O. The summed E-state index contributed by atoms with van der Waals surface area (Å²) in [7, 11) is 0. The first-order valence-corrected chi connectivity index (χ1v) is 6.93. The Morgan fingerprint density at radius 1 is 1.09 bits per heavy atom. The second-order valence-corrected chi connectivity index (χ2v) is 4.89. The summed E-state index contributed by atoms with van der Waals surface area (Å²) in [4.78, 5) is 28.0. The standard InChI is InChI=1S/C16H14N4O3/c21-13-6-2-1-5-12(13)16(23)19-18-15(22)9-11-10-20-8-4-3-7-14(20)17-11/h1-8,10,21H,9H2,(H,18,22)(H,19,23). The number of rotatable bonds is 3. The van der Waals surface area contributed by atoms with Crippen molar-refractivity contribution in [2.75, 3.05) is 0 Å². The molecule has 1 aromatic carbocycles. The predicted octanol–water partition coefficient (Wildman–Crippen LogP) is 1.04. The van der Waals surface area contributed by atoms with Gasteiger partial charge in [0.05, 0.1) is 17.7 Å². The minimum atomic E-state index is -0.591. The Morgan fingerprint density at radius 3 is 2.65 bits per heavy atom. The maximum absolute atomic E-state index is 11.9. The average Bonchev–Trinajstić information content (AvgIpc) is 2.95. The van der Waals surface area contributed by atoms with Crippen LogP contribution in [0.5, 0.6) is 5.75 Å². The molecule has 0 saturated heterocycles. The number of carbonyl (C=O) groups is 2. The fourth-order valence-corrected chi connectivity index (χ4v) is 2.14. The van der Waals surface area contributed by atoms with Gasteiger partial charge in [0.15, 0.2) is 0 Å². The monoisotopic (exact) mass is 310 g/mol. The van der Waals surface area contributed by atoms with Gasteiger partial charge in [-0.05, 0) is 24.3 Å². The number of para-hydroxylation sites is 1. The first-order chi connectivity index (χ1) is 11.1. The highest BCUT2D eigenvalue weighted by Crippen LogP contribution is 2.14. The Labute approximate surface area is 131 Å². The van der Waals surface area contributed by atoms with Gasteiger partial charge in [-0.3, -0.25) is 20.4 Å². The summed E-state index contributed by atoms with van der Waals surface area (Å²) in [6, 6.07) is 11.6. The predicted molar refractivity (Wildman–Crippen MR) is 82.6 cm³/mol. The van der Waals surface area contributed by atoms with E-state index in [9.17, 15) is 14.7 Å². The lowest BCUT2D eigenvalue weighted by Gasteiger charge is -2.07. The number of nitrogens with zero attached hydrogens (tertiary/aromatic N) is 2. The Hall–Kier alpha value is -3.35. The summed E-state index contributed by atoms with van der Waals surface area (Å²) in [5.74, 6) is -1.15. The molecule has 0 atom stereocenters. The van der Waals surface area contributed by atoms with Crippen molar-refractivity contribution in [1.82, 2.24) is 20.2 Å². The van der Waals surface area contributed by atoms with Crippen LogP contribution in [0.2, 0.25) is 0 Å². The van der Waals surface area contributed by atoms with Crippen molar-refractivity contribution >= 4 is 17.5 Å². The number of phenols is 1. The third-order valence-corrected chi connectivity index (χ3v) is 3.22. The number of hydrogen-bond acceptors (Lipinski definition) is 4. The van der Waals surface area contributed by atoms with Gasteiger partial charge in [0.25, 0.3) is 5.91 Å². The molecule has 0 aliphatic heterocycles. The van der Waals surface area contributed by atoms with Crippen molar-refractivity contribution in [2.45, 2.75) is 6.42 Å². The molecule has 3 N–H and O–H groups in total. The fraction of sp³-hybridized carbons (Fsp3) is 0.0625. The first kappa shape index (κ1) is 14.6. The van der Waals surface area contributed by atoms with Crippen molar-refractivity contribution in [3.63, 3.8) is 0 Å². The number of hydrazine groups is 1. The normalized spacial score (nSPS) is 10.4. The molecule has 3 rings (SSSR count). The van der Waals surface area contributed by atoms with E-state index in [0.29, 0.717) is 5.69 Å². The quantitative estimate of drug-likeness (QED) is 0.630. The van der Waals surface area contributed by atoms with Crippen LogP contribution in [0.1, 0.15) is 16.1 Å². The number of hydrogen-bond donors (Lipinski definition) is 3. The summed E-state index contributed by atoms with van der Waals surface area (Å²) in [5.41, 5.74) is 5.98. The molecule has 2 amide bonds. The number of aromatic hydroxyl groups is 1. The molecule has 0 radical (unpaired) electrons. The molecule has 0 spiro atoms. The summed E-state index contributed by atoms with van der Waals surface area (Å²) in [6.45, 7) is 0. The van der Waals surface area contributed by atoms with Crippen LogP contribution in [0.15, 0.2) is 54.9 Å². The lowest BCUT2D eigenvalue weighted by atomic mass is 10.2. The lowest BCUT2D eigenvalue weighted by molar-refractivity contribution is -0.121. The zero-order chi connectivity index (χ0) is 16.2. The van der Waals surface area contributed by atoms with Gasteiger partial charge in [-0.1, -0.05) is 18.2 Å². The number of benzene rings is 1. The number of phenolic OH excluding ortho intramolecular Hbond substituents is 1. The second-order valence-electron chi connectivity index (χ2n) is 4.89. The smallest absolute Gasteiger partial charge is 0.273 e. The Balaban J connectivity index is 1.59. The Bertz CT molecular complexity index is 839. The second kappa shape index (κ2) is 6.18. The van der Waals surface area contributed by atoms with Crippen molar-refractivity contribution in [1.29, 1.82) is 0 Å². The molecule has 0 bridgehead atoms. The maximum Gasteiger partial charge on any atom is 0.273 e. The van der Waals surface area contributed by atoms with Crippen LogP contribution < -0.4 is 10.9 Å². The number of carbonyl (C=O) groups excluding carboxylic acids is 2. The third kappa shape index (κ3) is 3.29. The van der Waals surface area contributed by atoms with Crippen LogP contribution >= 0.6 is 0 Å². The molecule has 7 heteroatoms. The minimum Gasteiger partial charge on any atom is -0.507 e. The van der Waals surface area contributed by atoms with Crippen molar-refractivity contribution in [3.05, 3.63) is 66.1 Å². The highest BCUT2D eigenvalue weighted by Gasteiger charge is 2.12. The van der Waals surface area contributed by atoms with Crippen LogP contribution in [0.25, 0.3) is 5.65 Å². The zero-order valence-electron chi connectivity index (χ0n) is 12.1. The summed E-state index contributed by atoms with van der Waals surface area (Å²) in [6.07, 6.45) is 3.62. The van der Waals surface area contributed by atoms with Crippen molar-refractivity contribution < 1.29 is 14.7 Å². The Morgan fingerprint density at radius 2 is 1.87 bits per heavy atom. The van der Waals surface area contributed by atoms with E-state index in [1.165, 1.54) is 12.1 Å². The molecule has 0 aliphatic rings. The van der Waals surface area contributed by atoms with E-state index in [4.69, 9.17) is 0 Å². The van der Waals surface area contributed by atoms with E-state index in [1.807, 2.05) is 28.8 Å². The van der Waals surface area contributed by atoms with Crippen LogP contribution in [0.4, 0.5) is 0 Å². The molecule has 0 fully saturated rings. The van der Waals surface area contributed by atoms with Gasteiger partial charge in [0.1, 0.15) is 11.4 Å². The van der Waals surface area contributed by atoms with Gasteiger partial charge in [0, 0.05) is 12.4 Å². The number of fused-ring (bicyclic) bond motifs is 1. The number of aromatic nitrogens is 2. The largest absolute Gasteiger partial charge is 0.507 e. The van der Waals surface area contributed by atoms with Gasteiger partial charge < -0.3 is 9.51 Å².